The third-order valence-corrected chi connectivity index (χ3v) is 4.09. The average molecular weight is 323 g/mol. The fourth-order valence-electron chi connectivity index (χ4n) is 2.62. The Morgan fingerprint density at radius 3 is 3.05 bits per heavy atom. The first-order valence-corrected chi connectivity index (χ1v) is 7.66. The van der Waals surface area contributed by atoms with E-state index in [0.717, 1.165) is 17.9 Å². The number of hydrogen-bond donors (Lipinski definition) is 2. The number of aromatic nitrogens is 3. The molecule has 1 aromatic heterocycles. The number of ether oxygens (including phenoxy) is 1. The number of aliphatic hydroxyl groups excluding tert-OH is 1. The smallest absolute Gasteiger partial charge is 0.180 e. The van der Waals surface area contributed by atoms with Gasteiger partial charge in [-0.15, -0.1) is 0 Å². The molecule has 2 atom stereocenters. The Kier molecular flexibility index (Phi) is 4.73. The van der Waals surface area contributed by atoms with Crippen LogP contribution < -0.4 is 0 Å². The molecule has 0 amide bonds. The molecule has 2 heterocycles. The summed E-state index contributed by atoms with van der Waals surface area (Å²) in [7, 11) is 0. The van der Waals surface area contributed by atoms with E-state index in [9.17, 15) is 5.11 Å². The Labute approximate surface area is 134 Å². The highest BCUT2D eigenvalue weighted by Gasteiger charge is 2.26. The molecule has 1 aliphatic rings. The Morgan fingerprint density at radius 2 is 2.32 bits per heavy atom. The standard InChI is InChI=1S/C15H19ClN4O2/c1-10-17-15(19-18-10)14-9-20(6-7-22-14)8-13(21)11-4-2-3-5-12(11)16/h2-5,13-14,21H,6-9H2,1H3,(H,17,18,19)/t13-,14+/m1/s1. The van der Waals surface area contributed by atoms with Gasteiger partial charge in [-0.2, -0.15) is 5.10 Å². The molecular formula is C15H19ClN4O2. The van der Waals surface area contributed by atoms with E-state index in [4.69, 9.17) is 16.3 Å². The lowest BCUT2D eigenvalue weighted by Crippen LogP contribution is -2.40. The number of benzene rings is 1. The fraction of sp³-hybridized carbons (Fsp3) is 0.467. The van der Waals surface area contributed by atoms with Crippen molar-refractivity contribution >= 4 is 11.6 Å². The van der Waals surface area contributed by atoms with Crippen LogP contribution in [-0.4, -0.2) is 51.4 Å². The summed E-state index contributed by atoms with van der Waals surface area (Å²) in [4.78, 5) is 6.46. The maximum Gasteiger partial charge on any atom is 0.180 e. The molecule has 3 rings (SSSR count). The second-order valence-electron chi connectivity index (χ2n) is 5.44. The maximum atomic E-state index is 10.4. The van der Waals surface area contributed by atoms with Crippen LogP contribution in [0.1, 0.15) is 29.4 Å². The van der Waals surface area contributed by atoms with E-state index in [1.165, 1.54) is 0 Å². The molecule has 2 N–H and O–H groups in total. The van der Waals surface area contributed by atoms with E-state index in [1.54, 1.807) is 6.07 Å². The van der Waals surface area contributed by atoms with Gasteiger partial charge < -0.3 is 9.84 Å². The van der Waals surface area contributed by atoms with Crippen molar-refractivity contribution in [3.8, 4) is 0 Å². The second kappa shape index (κ2) is 6.75. The molecule has 1 aromatic carbocycles. The van der Waals surface area contributed by atoms with E-state index >= 15 is 0 Å². The maximum absolute atomic E-state index is 10.4. The van der Waals surface area contributed by atoms with Gasteiger partial charge in [-0.3, -0.25) is 10.00 Å². The number of morpholine rings is 1. The van der Waals surface area contributed by atoms with Crippen LogP contribution in [0.3, 0.4) is 0 Å². The van der Waals surface area contributed by atoms with Gasteiger partial charge in [-0.05, 0) is 13.0 Å². The summed E-state index contributed by atoms with van der Waals surface area (Å²) in [6.45, 7) is 4.37. The molecule has 22 heavy (non-hydrogen) atoms. The number of aliphatic hydroxyl groups is 1. The molecule has 0 saturated carbocycles. The molecule has 0 spiro atoms. The number of hydrogen-bond acceptors (Lipinski definition) is 5. The summed E-state index contributed by atoms with van der Waals surface area (Å²) in [5, 5.41) is 18.0. The van der Waals surface area contributed by atoms with Crippen LogP contribution in [0.4, 0.5) is 0 Å². The summed E-state index contributed by atoms with van der Waals surface area (Å²) >= 11 is 6.14. The third kappa shape index (κ3) is 3.47. The van der Waals surface area contributed by atoms with Crippen molar-refractivity contribution in [2.24, 2.45) is 0 Å². The highest BCUT2D eigenvalue weighted by Crippen LogP contribution is 2.25. The van der Waals surface area contributed by atoms with Crippen LogP contribution in [0, 0.1) is 6.92 Å². The van der Waals surface area contributed by atoms with Crippen molar-refractivity contribution in [2.45, 2.75) is 19.1 Å². The van der Waals surface area contributed by atoms with Crippen molar-refractivity contribution in [3.05, 3.63) is 46.5 Å². The summed E-state index contributed by atoms with van der Waals surface area (Å²) < 4.78 is 5.72. The zero-order valence-corrected chi connectivity index (χ0v) is 13.1. The zero-order chi connectivity index (χ0) is 15.5. The highest BCUT2D eigenvalue weighted by molar-refractivity contribution is 6.31. The van der Waals surface area contributed by atoms with Crippen LogP contribution in [0.25, 0.3) is 0 Å². The van der Waals surface area contributed by atoms with Gasteiger partial charge in [-0.25, -0.2) is 4.98 Å². The van der Waals surface area contributed by atoms with Gasteiger partial charge >= 0.3 is 0 Å². The molecule has 6 nitrogen and oxygen atoms in total. The predicted octanol–water partition coefficient (Wildman–Crippen LogP) is 1.87. The Hall–Kier alpha value is -1.47. The Balaban J connectivity index is 1.64. The van der Waals surface area contributed by atoms with Crippen LogP contribution in [-0.2, 0) is 4.74 Å². The van der Waals surface area contributed by atoms with E-state index in [2.05, 4.69) is 20.1 Å². The number of aromatic amines is 1. The van der Waals surface area contributed by atoms with Crippen LogP contribution in [0.2, 0.25) is 5.02 Å². The van der Waals surface area contributed by atoms with Gasteiger partial charge in [-0.1, -0.05) is 29.8 Å². The minimum absolute atomic E-state index is 0.169. The lowest BCUT2D eigenvalue weighted by molar-refractivity contribution is -0.0460. The molecule has 7 heteroatoms. The van der Waals surface area contributed by atoms with Crippen LogP contribution >= 0.6 is 11.6 Å². The molecular weight excluding hydrogens is 304 g/mol. The lowest BCUT2D eigenvalue weighted by atomic mass is 10.1. The molecule has 1 aliphatic heterocycles. The minimum atomic E-state index is -0.624. The second-order valence-corrected chi connectivity index (χ2v) is 5.84. The van der Waals surface area contributed by atoms with Crippen molar-refractivity contribution in [1.82, 2.24) is 20.1 Å². The summed E-state index contributed by atoms with van der Waals surface area (Å²) in [5.41, 5.74) is 0.751. The lowest BCUT2D eigenvalue weighted by Gasteiger charge is -2.33. The number of aryl methyl sites for hydroxylation is 1. The van der Waals surface area contributed by atoms with E-state index in [-0.39, 0.29) is 6.10 Å². The number of rotatable bonds is 4. The van der Waals surface area contributed by atoms with E-state index < -0.39 is 6.10 Å². The number of halogens is 1. The first kappa shape index (κ1) is 15.4. The quantitative estimate of drug-likeness (QED) is 0.899. The molecule has 2 aromatic rings. The normalized spacial score (nSPS) is 21.0. The molecule has 0 bridgehead atoms. The molecule has 118 valence electrons. The van der Waals surface area contributed by atoms with E-state index in [0.29, 0.717) is 30.5 Å². The highest BCUT2D eigenvalue weighted by atomic mass is 35.5. The van der Waals surface area contributed by atoms with E-state index in [1.807, 2.05) is 25.1 Å². The molecule has 1 fully saturated rings. The van der Waals surface area contributed by atoms with Crippen molar-refractivity contribution in [1.29, 1.82) is 0 Å². The first-order valence-electron chi connectivity index (χ1n) is 7.29. The number of β-amino-alcohol motifs (C(OH)–C–C–N with tert-alkyl or cyclic N) is 1. The van der Waals surface area contributed by atoms with Crippen LogP contribution in [0.5, 0.6) is 0 Å². The van der Waals surface area contributed by atoms with Gasteiger partial charge in [0.05, 0.1) is 12.7 Å². The summed E-state index contributed by atoms with van der Waals surface area (Å²) in [6, 6.07) is 7.38. The topological polar surface area (TPSA) is 74.3 Å². The van der Waals surface area contributed by atoms with Gasteiger partial charge in [0.1, 0.15) is 11.9 Å². The monoisotopic (exact) mass is 322 g/mol. The Morgan fingerprint density at radius 1 is 1.50 bits per heavy atom. The summed E-state index contributed by atoms with van der Waals surface area (Å²) in [6.07, 6.45) is -0.793. The Bertz CT molecular complexity index is 634. The fourth-order valence-corrected chi connectivity index (χ4v) is 2.88. The average Bonchev–Trinajstić information content (AvgIpc) is 2.94. The SMILES string of the molecule is Cc1nc([C@@H]2CN(C[C@@H](O)c3ccccc3Cl)CCO2)n[nH]1. The predicted molar refractivity (Wildman–Crippen MR) is 82.7 cm³/mol. The van der Waals surface area contributed by atoms with Gasteiger partial charge in [0.15, 0.2) is 5.82 Å². The molecule has 1 saturated heterocycles. The minimum Gasteiger partial charge on any atom is -0.387 e. The van der Waals surface area contributed by atoms with Crippen molar-refractivity contribution in [3.63, 3.8) is 0 Å². The van der Waals surface area contributed by atoms with Crippen molar-refractivity contribution in [2.75, 3.05) is 26.2 Å². The van der Waals surface area contributed by atoms with Crippen molar-refractivity contribution < 1.29 is 9.84 Å². The molecule has 0 unspecified atom stereocenters. The number of H-pyrrole nitrogens is 1. The zero-order valence-electron chi connectivity index (χ0n) is 12.4. The largest absolute Gasteiger partial charge is 0.387 e. The van der Waals surface area contributed by atoms with Crippen LogP contribution in [0.15, 0.2) is 24.3 Å². The number of nitrogens with one attached hydrogen (secondary N) is 1. The van der Waals surface area contributed by atoms with Gasteiger partial charge in [0, 0.05) is 30.2 Å². The summed E-state index contributed by atoms with van der Waals surface area (Å²) in [5.74, 6) is 1.43. The number of nitrogens with zero attached hydrogens (tertiary/aromatic N) is 3. The van der Waals surface area contributed by atoms with Gasteiger partial charge in [0.2, 0.25) is 0 Å². The first-order chi connectivity index (χ1) is 10.6. The molecule has 0 radical (unpaired) electrons. The van der Waals surface area contributed by atoms with Gasteiger partial charge in [0.25, 0.3) is 0 Å². The molecule has 0 aliphatic carbocycles. The third-order valence-electron chi connectivity index (χ3n) is 3.75.